The molecule has 1 aromatic heterocycles. The van der Waals surface area contributed by atoms with Gasteiger partial charge in [0.05, 0.1) is 7.11 Å². The van der Waals surface area contributed by atoms with E-state index in [1.807, 2.05) is 18.2 Å². The van der Waals surface area contributed by atoms with E-state index >= 15 is 0 Å². The third-order valence-electron chi connectivity index (χ3n) is 2.77. The van der Waals surface area contributed by atoms with Gasteiger partial charge in [-0.1, -0.05) is 13.8 Å². The standard InChI is InChI=1S/C14H17N3O/c1-9(2)13-6-7-16-14(17-13)11-5-4-10(18-3)8-12(11)15/h4-9H,15H2,1-3H3. The molecule has 2 N–H and O–H groups in total. The molecule has 0 amide bonds. The summed E-state index contributed by atoms with van der Waals surface area (Å²) in [6.45, 7) is 4.20. The summed E-state index contributed by atoms with van der Waals surface area (Å²) in [4.78, 5) is 8.80. The molecule has 0 atom stereocenters. The van der Waals surface area contributed by atoms with Crippen molar-refractivity contribution in [2.24, 2.45) is 0 Å². The second-order valence-corrected chi connectivity index (χ2v) is 4.41. The molecule has 94 valence electrons. The zero-order chi connectivity index (χ0) is 13.1. The van der Waals surface area contributed by atoms with Crippen LogP contribution in [0.1, 0.15) is 25.5 Å². The molecule has 0 radical (unpaired) electrons. The highest BCUT2D eigenvalue weighted by Gasteiger charge is 2.09. The largest absolute Gasteiger partial charge is 0.497 e. The van der Waals surface area contributed by atoms with Crippen LogP contribution in [-0.2, 0) is 0 Å². The Hall–Kier alpha value is -2.10. The van der Waals surface area contributed by atoms with Gasteiger partial charge in [-0.15, -0.1) is 0 Å². The second-order valence-electron chi connectivity index (χ2n) is 4.41. The number of nitrogen functional groups attached to an aromatic ring is 1. The van der Waals surface area contributed by atoms with Gasteiger partial charge in [-0.2, -0.15) is 0 Å². The zero-order valence-corrected chi connectivity index (χ0v) is 10.8. The van der Waals surface area contributed by atoms with Gasteiger partial charge in [0, 0.05) is 29.2 Å². The van der Waals surface area contributed by atoms with Gasteiger partial charge in [0.25, 0.3) is 0 Å². The fourth-order valence-corrected chi connectivity index (χ4v) is 1.70. The molecule has 0 fully saturated rings. The van der Waals surface area contributed by atoms with Crippen molar-refractivity contribution >= 4 is 5.69 Å². The Balaban J connectivity index is 2.45. The molecule has 0 aliphatic carbocycles. The van der Waals surface area contributed by atoms with E-state index in [0.717, 1.165) is 17.0 Å². The van der Waals surface area contributed by atoms with Crippen LogP contribution < -0.4 is 10.5 Å². The molecule has 0 saturated heterocycles. The summed E-state index contributed by atoms with van der Waals surface area (Å²) in [7, 11) is 1.62. The highest BCUT2D eigenvalue weighted by molar-refractivity contribution is 5.72. The summed E-state index contributed by atoms with van der Waals surface area (Å²) in [5.74, 6) is 1.75. The summed E-state index contributed by atoms with van der Waals surface area (Å²) in [6.07, 6.45) is 1.77. The smallest absolute Gasteiger partial charge is 0.161 e. The number of benzene rings is 1. The van der Waals surface area contributed by atoms with Crippen LogP contribution in [0.2, 0.25) is 0 Å². The topological polar surface area (TPSA) is 61.0 Å². The second kappa shape index (κ2) is 5.04. The fraction of sp³-hybridized carbons (Fsp3) is 0.286. The number of rotatable bonds is 3. The van der Waals surface area contributed by atoms with E-state index in [9.17, 15) is 0 Å². The van der Waals surface area contributed by atoms with E-state index in [1.54, 1.807) is 19.4 Å². The summed E-state index contributed by atoms with van der Waals surface area (Å²) >= 11 is 0. The van der Waals surface area contributed by atoms with Crippen molar-refractivity contribution < 1.29 is 4.74 Å². The predicted molar refractivity (Wildman–Crippen MR) is 72.5 cm³/mol. The quantitative estimate of drug-likeness (QED) is 0.842. The number of hydrogen-bond donors (Lipinski definition) is 1. The number of nitrogens with two attached hydrogens (primary N) is 1. The molecule has 4 nitrogen and oxygen atoms in total. The Kier molecular flexibility index (Phi) is 3.46. The number of aromatic nitrogens is 2. The minimum atomic E-state index is 0.367. The maximum absolute atomic E-state index is 6.00. The van der Waals surface area contributed by atoms with Crippen molar-refractivity contribution in [3.63, 3.8) is 0 Å². The van der Waals surface area contributed by atoms with Crippen LogP contribution in [0.4, 0.5) is 5.69 Å². The lowest BCUT2D eigenvalue weighted by molar-refractivity contribution is 0.415. The number of anilines is 1. The minimum absolute atomic E-state index is 0.367. The number of ether oxygens (including phenoxy) is 1. The van der Waals surface area contributed by atoms with E-state index in [2.05, 4.69) is 23.8 Å². The molecule has 0 spiro atoms. The van der Waals surface area contributed by atoms with Gasteiger partial charge in [0.2, 0.25) is 0 Å². The van der Waals surface area contributed by atoms with Gasteiger partial charge in [0.1, 0.15) is 5.75 Å². The molecule has 0 aliphatic rings. The van der Waals surface area contributed by atoms with E-state index in [1.165, 1.54) is 0 Å². The highest BCUT2D eigenvalue weighted by Crippen LogP contribution is 2.27. The average Bonchev–Trinajstić information content (AvgIpc) is 2.38. The number of nitrogens with zero attached hydrogens (tertiary/aromatic N) is 2. The Morgan fingerprint density at radius 1 is 1.22 bits per heavy atom. The first-order chi connectivity index (χ1) is 8.61. The van der Waals surface area contributed by atoms with E-state index in [0.29, 0.717) is 17.4 Å². The monoisotopic (exact) mass is 243 g/mol. The first-order valence-corrected chi connectivity index (χ1v) is 5.88. The molecule has 2 rings (SSSR count). The Morgan fingerprint density at radius 3 is 2.61 bits per heavy atom. The summed E-state index contributed by atoms with van der Waals surface area (Å²) in [6, 6.07) is 7.44. The Bertz CT molecular complexity index is 552. The zero-order valence-electron chi connectivity index (χ0n) is 10.8. The third kappa shape index (κ3) is 2.42. The summed E-state index contributed by atoms with van der Waals surface area (Å²) in [5, 5.41) is 0. The lowest BCUT2D eigenvalue weighted by Gasteiger charge is -2.09. The van der Waals surface area contributed by atoms with Crippen LogP contribution in [0.15, 0.2) is 30.5 Å². The molecular formula is C14H17N3O. The van der Waals surface area contributed by atoms with E-state index in [4.69, 9.17) is 10.5 Å². The van der Waals surface area contributed by atoms with Crippen LogP contribution in [0, 0.1) is 0 Å². The maximum Gasteiger partial charge on any atom is 0.161 e. The van der Waals surface area contributed by atoms with Gasteiger partial charge in [-0.3, -0.25) is 0 Å². The highest BCUT2D eigenvalue weighted by atomic mass is 16.5. The normalized spacial score (nSPS) is 10.7. The molecule has 18 heavy (non-hydrogen) atoms. The van der Waals surface area contributed by atoms with Crippen LogP contribution in [0.5, 0.6) is 5.75 Å². The third-order valence-corrected chi connectivity index (χ3v) is 2.77. The van der Waals surface area contributed by atoms with Crippen LogP contribution in [-0.4, -0.2) is 17.1 Å². The molecule has 0 unspecified atom stereocenters. The maximum atomic E-state index is 6.00. The molecule has 0 bridgehead atoms. The lowest BCUT2D eigenvalue weighted by atomic mass is 10.1. The summed E-state index contributed by atoms with van der Waals surface area (Å²) in [5.41, 5.74) is 8.46. The van der Waals surface area contributed by atoms with Crippen LogP contribution in [0.25, 0.3) is 11.4 Å². The first kappa shape index (κ1) is 12.4. The van der Waals surface area contributed by atoms with Gasteiger partial charge < -0.3 is 10.5 Å². The molecule has 0 saturated carbocycles. The first-order valence-electron chi connectivity index (χ1n) is 5.88. The Morgan fingerprint density at radius 2 is 2.00 bits per heavy atom. The molecule has 2 aromatic rings. The van der Waals surface area contributed by atoms with Crippen molar-refractivity contribution in [3.8, 4) is 17.1 Å². The van der Waals surface area contributed by atoms with Gasteiger partial charge in [0.15, 0.2) is 5.82 Å². The number of methoxy groups -OCH3 is 1. The fourth-order valence-electron chi connectivity index (χ4n) is 1.70. The van der Waals surface area contributed by atoms with Crippen molar-refractivity contribution in [2.45, 2.75) is 19.8 Å². The van der Waals surface area contributed by atoms with Gasteiger partial charge in [-0.25, -0.2) is 9.97 Å². The van der Waals surface area contributed by atoms with Crippen molar-refractivity contribution in [3.05, 3.63) is 36.2 Å². The number of hydrogen-bond acceptors (Lipinski definition) is 4. The van der Waals surface area contributed by atoms with Gasteiger partial charge >= 0.3 is 0 Å². The van der Waals surface area contributed by atoms with E-state index in [-0.39, 0.29) is 0 Å². The van der Waals surface area contributed by atoms with Crippen molar-refractivity contribution in [1.29, 1.82) is 0 Å². The SMILES string of the molecule is COc1ccc(-c2nccc(C(C)C)n2)c(N)c1. The Labute approximate surface area is 107 Å². The van der Waals surface area contributed by atoms with E-state index < -0.39 is 0 Å². The average molecular weight is 243 g/mol. The predicted octanol–water partition coefficient (Wildman–Crippen LogP) is 2.86. The minimum Gasteiger partial charge on any atom is -0.497 e. The molecule has 0 aliphatic heterocycles. The van der Waals surface area contributed by atoms with Crippen molar-refractivity contribution in [1.82, 2.24) is 9.97 Å². The molecule has 1 aromatic carbocycles. The van der Waals surface area contributed by atoms with Crippen molar-refractivity contribution in [2.75, 3.05) is 12.8 Å². The molecular weight excluding hydrogens is 226 g/mol. The molecule has 4 heteroatoms. The van der Waals surface area contributed by atoms with Crippen LogP contribution >= 0.6 is 0 Å². The van der Waals surface area contributed by atoms with Crippen LogP contribution in [0.3, 0.4) is 0 Å². The summed E-state index contributed by atoms with van der Waals surface area (Å²) < 4.78 is 5.13. The lowest BCUT2D eigenvalue weighted by Crippen LogP contribution is -1.99. The molecule has 1 heterocycles. The van der Waals surface area contributed by atoms with Gasteiger partial charge in [-0.05, 0) is 24.1 Å².